The monoisotopic (exact) mass is 256 g/mol. The molecule has 3 rings (SSSR count). The summed E-state index contributed by atoms with van der Waals surface area (Å²) in [6, 6.07) is 4.50. The first-order valence-electron chi connectivity index (χ1n) is 7.09. The quantitative estimate of drug-likeness (QED) is 0.813. The average molecular weight is 256 g/mol. The Bertz CT molecular complexity index is 519. The highest BCUT2D eigenvalue weighted by Gasteiger charge is 2.48. The largest absolute Gasteiger partial charge is 0.306 e. The zero-order valence-electron chi connectivity index (χ0n) is 11.7. The maximum absolute atomic E-state index is 9.30. The van der Waals surface area contributed by atoms with Crippen LogP contribution < -0.4 is 0 Å². The lowest BCUT2D eigenvalue weighted by Gasteiger charge is -2.28. The van der Waals surface area contributed by atoms with E-state index in [4.69, 9.17) is 4.98 Å². The van der Waals surface area contributed by atoms with Crippen molar-refractivity contribution in [2.24, 2.45) is 0 Å². The van der Waals surface area contributed by atoms with Gasteiger partial charge in [0.2, 0.25) is 0 Å². The molecule has 0 N–H and O–H groups in total. The third-order valence-corrected chi connectivity index (χ3v) is 4.40. The normalized spacial score (nSPS) is 23.0. The summed E-state index contributed by atoms with van der Waals surface area (Å²) in [5, 5.41) is 9.30. The highest BCUT2D eigenvalue weighted by Crippen LogP contribution is 2.46. The molecule has 1 aliphatic heterocycles. The van der Waals surface area contributed by atoms with Gasteiger partial charge < -0.3 is 4.90 Å². The van der Waals surface area contributed by atoms with Gasteiger partial charge >= 0.3 is 0 Å². The van der Waals surface area contributed by atoms with Crippen molar-refractivity contribution in [2.75, 3.05) is 20.1 Å². The van der Waals surface area contributed by atoms with E-state index in [9.17, 15) is 5.26 Å². The van der Waals surface area contributed by atoms with Gasteiger partial charge in [-0.3, -0.25) is 0 Å². The molecule has 1 aliphatic carbocycles. The summed E-state index contributed by atoms with van der Waals surface area (Å²) in [7, 11) is 2.17. The van der Waals surface area contributed by atoms with E-state index in [0.29, 0.717) is 5.92 Å². The van der Waals surface area contributed by atoms with Gasteiger partial charge in [-0.05, 0) is 58.8 Å². The van der Waals surface area contributed by atoms with Crippen molar-refractivity contribution in [1.82, 2.24) is 14.9 Å². The van der Waals surface area contributed by atoms with Crippen LogP contribution >= 0.6 is 0 Å². The lowest BCUT2D eigenvalue weighted by Crippen LogP contribution is -2.30. The Morgan fingerprint density at radius 3 is 2.58 bits per heavy atom. The molecule has 0 aromatic carbocycles. The molecule has 1 aromatic rings. The van der Waals surface area contributed by atoms with Crippen molar-refractivity contribution in [1.29, 1.82) is 5.26 Å². The Hall–Kier alpha value is -1.47. The van der Waals surface area contributed by atoms with Crippen LogP contribution in [0.5, 0.6) is 0 Å². The highest BCUT2D eigenvalue weighted by molar-refractivity contribution is 5.31. The molecule has 4 nitrogen and oxygen atoms in total. The Morgan fingerprint density at radius 2 is 2.00 bits per heavy atom. The molecule has 2 fully saturated rings. The van der Waals surface area contributed by atoms with Crippen LogP contribution in [0.1, 0.15) is 48.8 Å². The van der Waals surface area contributed by atoms with Crippen molar-refractivity contribution in [3.05, 3.63) is 23.3 Å². The fourth-order valence-electron chi connectivity index (χ4n) is 2.83. The van der Waals surface area contributed by atoms with E-state index >= 15 is 0 Å². The molecule has 0 atom stereocenters. The summed E-state index contributed by atoms with van der Waals surface area (Å²) in [5.41, 5.74) is 1.78. The molecule has 0 spiro atoms. The summed E-state index contributed by atoms with van der Waals surface area (Å²) in [6.45, 7) is 4.27. The lowest BCUT2D eigenvalue weighted by molar-refractivity contribution is 0.253. The van der Waals surface area contributed by atoms with Crippen molar-refractivity contribution in [2.45, 2.75) is 43.9 Å². The van der Waals surface area contributed by atoms with Crippen LogP contribution in [0, 0.1) is 18.3 Å². The van der Waals surface area contributed by atoms with E-state index in [1.807, 2.05) is 6.92 Å². The predicted octanol–water partition coefficient (Wildman–Crippen LogP) is 2.15. The van der Waals surface area contributed by atoms with Gasteiger partial charge in [0, 0.05) is 17.3 Å². The summed E-state index contributed by atoms with van der Waals surface area (Å²) in [4.78, 5) is 11.6. The second-order valence-electron chi connectivity index (χ2n) is 6.03. The second-order valence-corrected chi connectivity index (χ2v) is 6.03. The average Bonchev–Trinajstić information content (AvgIpc) is 3.20. The molecule has 0 amide bonds. The first-order valence-corrected chi connectivity index (χ1v) is 7.09. The number of nitrogens with zero attached hydrogens (tertiary/aromatic N) is 4. The van der Waals surface area contributed by atoms with Crippen molar-refractivity contribution in [3.63, 3.8) is 0 Å². The molecular formula is C15H20N4. The summed E-state index contributed by atoms with van der Waals surface area (Å²) in [5.74, 6) is 1.30. The molecule has 0 unspecified atom stereocenters. The number of hydrogen-bond acceptors (Lipinski definition) is 4. The van der Waals surface area contributed by atoms with Crippen molar-refractivity contribution < 1.29 is 0 Å². The Kier molecular flexibility index (Phi) is 3.02. The summed E-state index contributed by atoms with van der Waals surface area (Å²) < 4.78 is 0. The third kappa shape index (κ3) is 2.35. The molecule has 0 bridgehead atoms. The fraction of sp³-hybridized carbons (Fsp3) is 0.667. The van der Waals surface area contributed by atoms with Gasteiger partial charge in [0.05, 0.1) is 6.07 Å². The van der Waals surface area contributed by atoms with Gasteiger partial charge in [-0.25, -0.2) is 9.97 Å². The SMILES string of the molecule is Cc1cc(C2CCN(C)CC2)nc(C2(C#N)CC2)n1. The standard InChI is InChI=1S/C15H20N4/c1-11-9-13(12-3-7-19(2)8-4-12)18-14(17-11)15(10-16)5-6-15/h9,12H,3-8H2,1-2H3. The number of rotatable bonds is 2. The molecule has 2 aliphatic rings. The van der Waals surface area contributed by atoms with Crippen LogP contribution in [0.3, 0.4) is 0 Å². The van der Waals surface area contributed by atoms with Gasteiger partial charge in [0.25, 0.3) is 0 Å². The van der Waals surface area contributed by atoms with Crippen molar-refractivity contribution >= 4 is 0 Å². The lowest BCUT2D eigenvalue weighted by atomic mass is 9.93. The van der Waals surface area contributed by atoms with Gasteiger partial charge in [-0.15, -0.1) is 0 Å². The Morgan fingerprint density at radius 1 is 1.32 bits per heavy atom. The van der Waals surface area contributed by atoms with Crippen LogP contribution in [0.4, 0.5) is 0 Å². The van der Waals surface area contributed by atoms with Crippen LogP contribution in [0.2, 0.25) is 0 Å². The molecule has 1 saturated carbocycles. The molecule has 1 aromatic heterocycles. The maximum atomic E-state index is 9.30. The van der Waals surface area contributed by atoms with Crippen LogP contribution in [0.15, 0.2) is 6.07 Å². The van der Waals surface area contributed by atoms with E-state index in [1.54, 1.807) is 0 Å². The zero-order chi connectivity index (χ0) is 13.5. The minimum absolute atomic E-state index is 0.369. The maximum Gasteiger partial charge on any atom is 0.149 e. The first kappa shape index (κ1) is 12.6. The molecule has 4 heteroatoms. The van der Waals surface area contributed by atoms with Gasteiger partial charge in [-0.2, -0.15) is 5.26 Å². The Labute approximate surface area is 114 Å². The summed E-state index contributed by atoms with van der Waals surface area (Å²) >= 11 is 0. The molecule has 1 saturated heterocycles. The number of likely N-dealkylation sites (tertiary alicyclic amines) is 1. The fourth-order valence-corrected chi connectivity index (χ4v) is 2.83. The van der Waals surface area contributed by atoms with Gasteiger partial charge in [0.1, 0.15) is 11.2 Å². The van der Waals surface area contributed by atoms with E-state index in [2.05, 4.69) is 29.1 Å². The zero-order valence-corrected chi connectivity index (χ0v) is 11.7. The molecule has 2 heterocycles. The molecule has 0 radical (unpaired) electrons. The van der Waals surface area contributed by atoms with Crippen LogP contribution in [0.25, 0.3) is 0 Å². The van der Waals surface area contributed by atoms with E-state index in [1.165, 1.54) is 0 Å². The first-order chi connectivity index (χ1) is 9.13. The second kappa shape index (κ2) is 4.57. The van der Waals surface area contributed by atoms with E-state index in [-0.39, 0.29) is 5.41 Å². The number of piperidine rings is 1. The number of nitriles is 1. The predicted molar refractivity (Wildman–Crippen MR) is 72.8 cm³/mol. The smallest absolute Gasteiger partial charge is 0.149 e. The van der Waals surface area contributed by atoms with Gasteiger partial charge in [-0.1, -0.05) is 0 Å². The van der Waals surface area contributed by atoms with Crippen LogP contribution in [-0.4, -0.2) is 35.0 Å². The number of hydrogen-bond donors (Lipinski definition) is 0. The van der Waals surface area contributed by atoms with E-state index in [0.717, 1.165) is 56.0 Å². The minimum Gasteiger partial charge on any atom is -0.306 e. The number of aromatic nitrogens is 2. The topological polar surface area (TPSA) is 52.8 Å². The van der Waals surface area contributed by atoms with E-state index < -0.39 is 0 Å². The molecule has 100 valence electrons. The summed E-state index contributed by atoms with van der Waals surface area (Å²) in [6.07, 6.45) is 4.15. The number of aryl methyl sites for hydroxylation is 1. The van der Waals surface area contributed by atoms with Gasteiger partial charge in [0.15, 0.2) is 0 Å². The Balaban J connectivity index is 1.88. The third-order valence-electron chi connectivity index (χ3n) is 4.40. The van der Waals surface area contributed by atoms with Crippen molar-refractivity contribution in [3.8, 4) is 6.07 Å². The minimum atomic E-state index is -0.369. The highest BCUT2D eigenvalue weighted by atomic mass is 15.1. The molecule has 19 heavy (non-hydrogen) atoms. The van der Waals surface area contributed by atoms with Crippen LogP contribution in [-0.2, 0) is 5.41 Å². The molecular weight excluding hydrogens is 236 g/mol.